The second-order valence-corrected chi connectivity index (χ2v) is 13.8. The average molecular weight is 643 g/mol. The van der Waals surface area contributed by atoms with Gasteiger partial charge in [-0.3, -0.25) is 9.21 Å². The molecule has 1 aromatic carbocycles. The number of nitrogens with one attached hydrogen (secondary N) is 1. The number of likely N-dealkylation sites (tertiary alicyclic amines) is 1. The molecule has 4 heterocycles. The van der Waals surface area contributed by atoms with Crippen molar-refractivity contribution in [3.8, 4) is 10.7 Å². The fraction of sp³-hybridized carbons (Fsp3) is 0.407. The number of nitrogens with zero attached hydrogens (tertiary/aromatic N) is 3. The van der Waals surface area contributed by atoms with E-state index in [4.69, 9.17) is 4.74 Å². The van der Waals surface area contributed by atoms with Crippen LogP contribution in [-0.4, -0.2) is 74.4 Å². The van der Waals surface area contributed by atoms with Gasteiger partial charge in [0.1, 0.15) is 15.3 Å². The summed E-state index contributed by atoms with van der Waals surface area (Å²) in [5.41, 5.74) is 1.85. The number of alkyl halides is 3. The van der Waals surface area contributed by atoms with Gasteiger partial charge in [-0.15, -0.1) is 22.7 Å². The Labute approximate surface area is 248 Å². The van der Waals surface area contributed by atoms with Crippen LogP contribution in [-0.2, 0) is 30.8 Å². The van der Waals surface area contributed by atoms with Gasteiger partial charge in [-0.1, -0.05) is 18.2 Å². The fourth-order valence-electron chi connectivity index (χ4n) is 4.84. The summed E-state index contributed by atoms with van der Waals surface area (Å²) in [7, 11) is -3.83. The standard InChI is InChI=1S/C27H29F3N4O5S3/c1-2-38-12-11-34(42(36,37)23-9-5-13-40-23)22-8-3-6-18-14-21(32-24(18)22)25-31-15-20(41-25)17-33-10-4-7-19(16-33)39-26(35)27(28,29)30/h3,5-6,8-9,13-15,19,32H,2,4,7,10-12,16-17H2,1H3. The van der Waals surface area contributed by atoms with Gasteiger partial charge in [-0.05, 0) is 49.9 Å². The van der Waals surface area contributed by atoms with Crippen LogP contribution in [0.4, 0.5) is 18.9 Å². The van der Waals surface area contributed by atoms with Crippen molar-refractivity contribution in [2.75, 3.05) is 37.2 Å². The third-order valence-corrected chi connectivity index (χ3v) is 10.9. The van der Waals surface area contributed by atoms with E-state index >= 15 is 0 Å². The Morgan fingerprint density at radius 2 is 2.10 bits per heavy atom. The lowest BCUT2D eigenvalue weighted by Gasteiger charge is -2.31. The maximum atomic E-state index is 13.6. The lowest BCUT2D eigenvalue weighted by atomic mass is 10.1. The van der Waals surface area contributed by atoms with E-state index in [0.717, 1.165) is 21.6 Å². The molecule has 0 saturated carbocycles. The first-order valence-electron chi connectivity index (χ1n) is 13.3. The van der Waals surface area contributed by atoms with Crippen molar-refractivity contribution < 1.29 is 35.9 Å². The second kappa shape index (κ2) is 12.7. The van der Waals surface area contributed by atoms with E-state index in [2.05, 4.69) is 14.7 Å². The SMILES string of the molecule is CCOCCN(c1cccc2cc(-c3ncc(CN4CCCC(OC(=O)C(F)(F)F)C4)s3)[nH]c12)S(=O)(=O)c1cccs1. The smallest absolute Gasteiger partial charge is 0.454 e. The van der Waals surface area contributed by atoms with Crippen molar-refractivity contribution in [1.82, 2.24) is 14.9 Å². The number of sulfonamides is 1. The Bertz CT molecular complexity index is 1620. The lowest BCUT2D eigenvalue weighted by molar-refractivity contribution is -0.206. The number of benzene rings is 1. The van der Waals surface area contributed by atoms with E-state index in [1.807, 2.05) is 24.0 Å². The van der Waals surface area contributed by atoms with Crippen molar-refractivity contribution in [1.29, 1.82) is 0 Å². The minimum absolute atomic E-state index is 0.137. The molecule has 0 aliphatic carbocycles. The van der Waals surface area contributed by atoms with Crippen molar-refractivity contribution in [2.45, 2.75) is 42.8 Å². The molecule has 42 heavy (non-hydrogen) atoms. The number of halogens is 3. The molecule has 5 rings (SSSR count). The number of hydrogen-bond donors (Lipinski definition) is 1. The number of esters is 1. The summed E-state index contributed by atoms with van der Waals surface area (Å²) in [5.74, 6) is -2.16. The molecule has 1 atom stereocenters. The van der Waals surface area contributed by atoms with Crippen LogP contribution in [0.2, 0.25) is 0 Å². The highest BCUT2D eigenvalue weighted by Gasteiger charge is 2.42. The summed E-state index contributed by atoms with van der Waals surface area (Å²) in [4.78, 5) is 22.0. The number of thiazole rings is 1. The molecule has 1 saturated heterocycles. The molecule has 3 aromatic heterocycles. The fourth-order valence-corrected chi connectivity index (χ4v) is 8.33. The van der Waals surface area contributed by atoms with E-state index in [9.17, 15) is 26.4 Å². The summed E-state index contributed by atoms with van der Waals surface area (Å²) in [6.07, 6.45) is -3.12. The number of carbonyl (C=O) groups is 1. The first kappa shape index (κ1) is 30.5. The van der Waals surface area contributed by atoms with Crippen LogP contribution in [0.5, 0.6) is 0 Å². The summed E-state index contributed by atoms with van der Waals surface area (Å²) < 4.78 is 76.8. The summed E-state index contributed by atoms with van der Waals surface area (Å²) in [6, 6.07) is 10.6. The highest BCUT2D eigenvalue weighted by Crippen LogP contribution is 2.36. The zero-order chi connectivity index (χ0) is 29.9. The molecule has 1 N–H and O–H groups in total. The monoisotopic (exact) mass is 642 g/mol. The minimum atomic E-state index is -5.01. The molecular weight excluding hydrogens is 614 g/mol. The van der Waals surface area contributed by atoms with Gasteiger partial charge >= 0.3 is 12.1 Å². The first-order chi connectivity index (χ1) is 20.1. The van der Waals surface area contributed by atoms with Gasteiger partial charge in [0.15, 0.2) is 0 Å². The van der Waals surface area contributed by atoms with Crippen molar-refractivity contribution in [2.24, 2.45) is 0 Å². The zero-order valence-electron chi connectivity index (χ0n) is 22.6. The molecule has 1 aliphatic rings. The zero-order valence-corrected chi connectivity index (χ0v) is 25.0. The number of aromatic nitrogens is 2. The molecule has 4 aromatic rings. The number of ether oxygens (including phenoxy) is 2. The van der Waals surface area contributed by atoms with Crippen LogP contribution in [0.15, 0.2) is 52.2 Å². The first-order valence-corrected chi connectivity index (χ1v) is 16.4. The topological polar surface area (TPSA) is 105 Å². The largest absolute Gasteiger partial charge is 0.490 e. The molecule has 0 bridgehead atoms. The second-order valence-electron chi connectivity index (χ2n) is 9.66. The Morgan fingerprint density at radius 1 is 1.26 bits per heavy atom. The highest BCUT2D eigenvalue weighted by molar-refractivity contribution is 7.94. The van der Waals surface area contributed by atoms with Gasteiger partial charge in [0.2, 0.25) is 0 Å². The van der Waals surface area contributed by atoms with E-state index in [-0.39, 0.29) is 23.9 Å². The number of fused-ring (bicyclic) bond motifs is 1. The van der Waals surface area contributed by atoms with E-state index in [0.29, 0.717) is 54.4 Å². The van der Waals surface area contributed by atoms with Crippen molar-refractivity contribution >= 4 is 55.3 Å². The van der Waals surface area contributed by atoms with Crippen LogP contribution in [0.1, 0.15) is 24.6 Å². The Kier molecular flexibility index (Phi) is 9.23. The number of carbonyl (C=O) groups excluding carboxylic acids is 1. The maximum absolute atomic E-state index is 13.6. The number of H-pyrrole nitrogens is 1. The van der Waals surface area contributed by atoms with Crippen LogP contribution in [0.25, 0.3) is 21.6 Å². The van der Waals surface area contributed by atoms with Crippen LogP contribution in [0.3, 0.4) is 0 Å². The Morgan fingerprint density at radius 3 is 2.83 bits per heavy atom. The third-order valence-electron chi connectivity index (χ3n) is 6.72. The maximum Gasteiger partial charge on any atom is 0.490 e. The number of rotatable bonds is 11. The number of hydrogen-bond acceptors (Lipinski definition) is 9. The summed E-state index contributed by atoms with van der Waals surface area (Å²) >= 11 is 2.58. The quantitative estimate of drug-likeness (QED) is 0.166. The molecule has 9 nitrogen and oxygen atoms in total. The van der Waals surface area contributed by atoms with Crippen molar-refractivity contribution in [3.63, 3.8) is 0 Å². The lowest BCUT2D eigenvalue weighted by Crippen LogP contribution is -2.42. The van der Waals surface area contributed by atoms with Gasteiger partial charge in [-0.2, -0.15) is 13.2 Å². The van der Waals surface area contributed by atoms with Gasteiger partial charge < -0.3 is 14.5 Å². The van der Waals surface area contributed by atoms with Crippen molar-refractivity contribution in [3.05, 3.63) is 52.9 Å². The predicted molar refractivity (Wildman–Crippen MR) is 155 cm³/mol. The molecule has 1 unspecified atom stereocenters. The average Bonchev–Trinajstić information content (AvgIpc) is 3.72. The molecule has 226 valence electrons. The van der Waals surface area contributed by atoms with Crippen LogP contribution < -0.4 is 4.31 Å². The minimum Gasteiger partial charge on any atom is -0.454 e. The van der Waals surface area contributed by atoms with E-state index < -0.39 is 28.3 Å². The van der Waals surface area contributed by atoms with Crippen LogP contribution >= 0.6 is 22.7 Å². The van der Waals surface area contributed by atoms with Gasteiger partial charge in [0.25, 0.3) is 10.0 Å². The molecule has 15 heteroatoms. The molecule has 0 radical (unpaired) electrons. The number of piperidine rings is 1. The number of anilines is 1. The van der Waals surface area contributed by atoms with Gasteiger partial charge in [-0.25, -0.2) is 18.2 Å². The molecular formula is C27H29F3N4O5S3. The summed E-state index contributed by atoms with van der Waals surface area (Å²) in [5, 5.41) is 3.22. The highest BCUT2D eigenvalue weighted by atomic mass is 32.2. The Hall–Kier alpha value is -2.98. The summed E-state index contributed by atoms with van der Waals surface area (Å²) in [6.45, 7) is 4.01. The number of thiophene rings is 1. The van der Waals surface area contributed by atoms with Gasteiger partial charge in [0, 0.05) is 36.2 Å². The Balaban J connectivity index is 1.36. The normalized spacial score (nSPS) is 16.6. The molecule has 0 amide bonds. The van der Waals surface area contributed by atoms with Gasteiger partial charge in [0.05, 0.1) is 30.0 Å². The number of aromatic amines is 1. The molecule has 0 spiro atoms. The van der Waals surface area contributed by atoms with E-state index in [1.54, 1.807) is 35.8 Å². The number of para-hydroxylation sites is 1. The third kappa shape index (κ3) is 6.80. The predicted octanol–water partition coefficient (Wildman–Crippen LogP) is 5.65. The molecule has 1 fully saturated rings. The van der Waals surface area contributed by atoms with E-state index in [1.165, 1.54) is 15.6 Å². The van der Waals surface area contributed by atoms with Crippen LogP contribution in [0, 0.1) is 0 Å². The molecule has 1 aliphatic heterocycles.